The minimum absolute atomic E-state index is 0. The molecule has 0 saturated heterocycles. The van der Waals surface area contributed by atoms with Crippen LogP contribution in [0.25, 0.3) is 5.65 Å². The molecule has 4 rings (SSSR count). The van der Waals surface area contributed by atoms with Crippen molar-refractivity contribution in [3.63, 3.8) is 0 Å². The molecular weight excluding hydrogens is 483 g/mol. The number of hydrogen-bond acceptors (Lipinski definition) is 5. The van der Waals surface area contributed by atoms with Crippen LogP contribution in [0.2, 0.25) is 0 Å². The SMILES string of the molecule is CN=C(NCCCc1nnc2ccccn12)NCCc1ccc2c(c1)OCO2.I. The molecule has 2 N–H and O–H groups in total. The van der Waals surface area contributed by atoms with Gasteiger partial charge in [-0.25, -0.2) is 0 Å². The van der Waals surface area contributed by atoms with Crippen LogP contribution in [-0.2, 0) is 12.8 Å². The number of aryl methyl sites for hydroxylation is 1. The van der Waals surface area contributed by atoms with E-state index in [1.807, 2.05) is 40.9 Å². The van der Waals surface area contributed by atoms with Gasteiger partial charge < -0.3 is 20.1 Å². The average molecular weight is 508 g/mol. The van der Waals surface area contributed by atoms with Crippen molar-refractivity contribution in [1.29, 1.82) is 0 Å². The Kier molecular flexibility index (Phi) is 7.50. The Morgan fingerprint density at radius 1 is 1.07 bits per heavy atom. The number of fused-ring (bicyclic) bond motifs is 2. The number of aromatic nitrogens is 3. The Labute approximate surface area is 186 Å². The lowest BCUT2D eigenvalue weighted by molar-refractivity contribution is 0.174. The number of rotatable bonds is 7. The van der Waals surface area contributed by atoms with Gasteiger partial charge in [-0.1, -0.05) is 12.1 Å². The third kappa shape index (κ3) is 5.28. The van der Waals surface area contributed by atoms with E-state index in [1.165, 1.54) is 5.56 Å². The lowest BCUT2D eigenvalue weighted by atomic mass is 10.1. The molecule has 0 amide bonds. The van der Waals surface area contributed by atoms with Gasteiger partial charge in [0.1, 0.15) is 5.82 Å². The minimum Gasteiger partial charge on any atom is -0.454 e. The zero-order valence-electron chi connectivity index (χ0n) is 16.3. The highest BCUT2D eigenvalue weighted by Crippen LogP contribution is 2.32. The van der Waals surface area contributed by atoms with E-state index < -0.39 is 0 Å². The number of halogens is 1. The van der Waals surface area contributed by atoms with Gasteiger partial charge >= 0.3 is 0 Å². The third-order valence-electron chi connectivity index (χ3n) is 4.62. The molecule has 29 heavy (non-hydrogen) atoms. The van der Waals surface area contributed by atoms with Gasteiger partial charge in [-0.05, 0) is 42.7 Å². The number of nitrogens with zero attached hydrogens (tertiary/aromatic N) is 4. The van der Waals surface area contributed by atoms with Crippen molar-refractivity contribution in [1.82, 2.24) is 25.2 Å². The predicted octanol–water partition coefficient (Wildman–Crippen LogP) is 2.42. The van der Waals surface area contributed by atoms with Crippen molar-refractivity contribution in [3.8, 4) is 11.5 Å². The van der Waals surface area contributed by atoms with Crippen LogP contribution in [0, 0.1) is 0 Å². The fourth-order valence-corrected chi connectivity index (χ4v) is 3.16. The molecule has 1 aliphatic heterocycles. The number of guanidine groups is 1. The first-order valence-corrected chi connectivity index (χ1v) is 9.45. The molecule has 0 radical (unpaired) electrons. The summed E-state index contributed by atoms with van der Waals surface area (Å²) in [5.41, 5.74) is 2.08. The van der Waals surface area contributed by atoms with Crippen molar-refractivity contribution < 1.29 is 9.47 Å². The lowest BCUT2D eigenvalue weighted by Crippen LogP contribution is -2.38. The highest BCUT2D eigenvalue weighted by molar-refractivity contribution is 14.0. The van der Waals surface area contributed by atoms with E-state index in [0.717, 1.165) is 61.3 Å². The van der Waals surface area contributed by atoms with Gasteiger partial charge in [-0.2, -0.15) is 0 Å². The molecule has 0 bridgehead atoms. The predicted molar refractivity (Wildman–Crippen MR) is 122 cm³/mol. The van der Waals surface area contributed by atoms with Gasteiger partial charge in [0.2, 0.25) is 6.79 Å². The highest BCUT2D eigenvalue weighted by Gasteiger charge is 2.13. The highest BCUT2D eigenvalue weighted by atomic mass is 127. The summed E-state index contributed by atoms with van der Waals surface area (Å²) in [7, 11) is 1.78. The van der Waals surface area contributed by atoms with Crippen LogP contribution in [-0.4, -0.2) is 47.5 Å². The molecule has 0 fully saturated rings. The number of benzene rings is 1. The van der Waals surface area contributed by atoms with Crippen LogP contribution in [0.3, 0.4) is 0 Å². The Balaban J connectivity index is 0.00000240. The first-order valence-electron chi connectivity index (χ1n) is 9.45. The molecule has 9 heteroatoms. The topological polar surface area (TPSA) is 85.1 Å². The molecule has 8 nitrogen and oxygen atoms in total. The van der Waals surface area contributed by atoms with E-state index in [2.05, 4.69) is 31.9 Å². The second-order valence-electron chi connectivity index (χ2n) is 6.51. The van der Waals surface area contributed by atoms with Crippen molar-refractivity contribution in [2.45, 2.75) is 19.3 Å². The van der Waals surface area contributed by atoms with Crippen molar-refractivity contribution in [2.24, 2.45) is 4.99 Å². The summed E-state index contributed by atoms with van der Waals surface area (Å²) < 4.78 is 12.8. The Morgan fingerprint density at radius 3 is 2.83 bits per heavy atom. The first kappa shape index (κ1) is 21.2. The fraction of sp³-hybridized carbons (Fsp3) is 0.350. The van der Waals surface area contributed by atoms with E-state index in [9.17, 15) is 0 Å². The molecule has 0 atom stereocenters. The normalized spacial score (nSPS) is 12.7. The van der Waals surface area contributed by atoms with Gasteiger partial charge in [-0.3, -0.25) is 9.39 Å². The molecule has 0 spiro atoms. The summed E-state index contributed by atoms with van der Waals surface area (Å²) in [6, 6.07) is 12.0. The van der Waals surface area contributed by atoms with E-state index in [-0.39, 0.29) is 24.0 Å². The molecule has 1 aromatic carbocycles. The summed E-state index contributed by atoms with van der Waals surface area (Å²) in [5.74, 6) is 3.41. The molecule has 0 aliphatic carbocycles. The van der Waals surface area contributed by atoms with Crippen molar-refractivity contribution >= 4 is 35.6 Å². The van der Waals surface area contributed by atoms with E-state index in [0.29, 0.717) is 6.79 Å². The van der Waals surface area contributed by atoms with Crippen LogP contribution >= 0.6 is 24.0 Å². The largest absolute Gasteiger partial charge is 0.454 e. The van der Waals surface area contributed by atoms with E-state index in [1.54, 1.807) is 7.05 Å². The van der Waals surface area contributed by atoms with Crippen LogP contribution in [0.15, 0.2) is 47.6 Å². The third-order valence-corrected chi connectivity index (χ3v) is 4.62. The average Bonchev–Trinajstić information content (AvgIpc) is 3.36. The summed E-state index contributed by atoms with van der Waals surface area (Å²) in [6.07, 6.45) is 4.67. The Morgan fingerprint density at radius 2 is 1.93 bits per heavy atom. The lowest BCUT2D eigenvalue weighted by Gasteiger charge is -2.12. The van der Waals surface area contributed by atoms with Gasteiger partial charge in [-0.15, -0.1) is 34.2 Å². The molecule has 3 aromatic rings. The van der Waals surface area contributed by atoms with Crippen LogP contribution in [0.4, 0.5) is 0 Å². The molecule has 0 saturated carbocycles. The van der Waals surface area contributed by atoms with Gasteiger partial charge in [0.15, 0.2) is 23.1 Å². The summed E-state index contributed by atoms with van der Waals surface area (Å²) >= 11 is 0. The maximum absolute atomic E-state index is 5.42. The van der Waals surface area contributed by atoms with E-state index in [4.69, 9.17) is 9.47 Å². The monoisotopic (exact) mass is 508 g/mol. The van der Waals surface area contributed by atoms with Gasteiger partial charge in [0, 0.05) is 32.8 Å². The maximum atomic E-state index is 5.42. The Bertz CT molecular complexity index is 975. The Hall–Kier alpha value is -2.56. The number of nitrogens with one attached hydrogen (secondary N) is 2. The minimum atomic E-state index is 0. The standard InChI is InChI=1S/C20H24N6O2.HI/c1-21-20(23-11-9-15-7-8-16-17(13-15)28-14-27-16)22-10-4-6-19-25-24-18-5-2-3-12-26(18)19;/h2-3,5,7-8,12-13H,4,6,9-11,14H2,1H3,(H2,21,22,23);1H. The zero-order valence-corrected chi connectivity index (χ0v) is 18.6. The first-order chi connectivity index (χ1) is 13.8. The summed E-state index contributed by atoms with van der Waals surface area (Å²) in [5, 5.41) is 15.1. The van der Waals surface area contributed by atoms with Crippen LogP contribution in [0.5, 0.6) is 11.5 Å². The second kappa shape index (κ2) is 10.3. The molecular formula is C20H25IN6O2. The van der Waals surface area contributed by atoms with Crippen LogP contribution < -0.4 is 20.1 Å². The van der Waals surface area contributed by atoms with Crippen molar-refractivity contribution in [2.75, 3.05) is 26.9 Å². The zero-order chi connectivity index (χ0) is 19.2. The second-order valence-corrected chi connectivity index (χ2v) is 6.51. The number of hydrogen-bond donors (Lipinski definition) is 2. The van der Waals surface area contributed by atoms with E-state index >= 15 is 0 Å². The fourth-order valence-electron chi connectivity index (χ4n) is 3.16. The smallest absolute Gasteiger partial charge is 0.231 e. The number of pyridine rings is 1. The van der Waals surface area contributed by atoms with Crippen molar-refractivity contribution in [3.05, 3.63) is 54.0 Å². The maximum Gasteiger partial charge on any atom is 0.231 e. The summed E-state index contributed by atoms with van der Waals surface area (Å²) in [6.45, 7) is 1.90. The van der Waals surface area contributed by atoms with Gasteiger partial charge in [0.05, 0.1) is 0 Å². The molecule has 0 unspecified atom stereocenters. The quantitative estimate of drug-likeness (QED) is 0.221. The van der Waals surface area contributed by atoms with Crippen LogP contribution in [0.1, 0.15) is 17.8 Å². The van der Waals surface area contributed by atoms with Gasteiger partial charge in [0.25, 0.3) is 0 Å². The molecule has 2 aromatic heterocycles. The molecule has 154 valence electrons. The summed E-state index contributed by atoms with van der Waals surface area (Å²) in [4.78, 5) is 4.28. The number of aliphatic imine (C=N–C) groups is 1. The molecule has 1 aliphatic rings. The number of ether oxygens (including phenoxy) is 2. The molecule has 3 heterocycles.